The van der Waals surface area contributed by atoms with Crippen molar-refractivity contribution in [2.75, 3.05) is 45.1 Å². The molecule has 3 N–H and O–H groups in total. The Morgan fingerprint density at radius 3 is 2.85 bits per heavy atom. The SMILES string of the molecule is Nc1cc(F)ccc1C(=O)NCCCN1CCOCC1. The lowest BCUT2D eigenvalue weighted by Crippen LogP contribution is -2.38. The zero-order valence-corrected chi connectivity index (χ0v) is 11.4. The first-order valence-electron chi connectivity index (χ1n) is 6.80. The van der Waals surface area contributed by atoms with E-state index in [1.54, 1.807) is 0 Å². The fraction of sp³-hybridized carbons (Fsp3) is 0.500. The number of rotatable bonds is 5. The fourth-order valence-electron chi connectivity index (χ4n) is 2.16. The van der Waals surface area contributed by atoms with E-state index < -0.39 is 5.82 Å². The van der Waals surface area contributed by atoms with Crippen LogP contribution < -0.4 is 11.1 Å². The molecular formula is C14H20FN3O2. The second-order valence-corrected chi connectivity index (χ2v) is 4.80. The van der Waals surface area contributed by atoms with Gasteiger partial charge in [-0.25, -0.2) is 4.39 Å². The molecule has 1 amide bonds. The van der Waals surface area contributed by atoms with Crippen LogP contribution in [0.1, 0.15) is 16.8 Å². The van der Waals surface area contributed by atoms with Gasteiger partial charge in [-0.1, -0.05) is 0 Å². The quantitative estimate of drug-likeness (QED) is 0.620. The Kier molecular flexibility index (Phi) is 5.31. The van der Waals surface area contributed by atoms with E-state index in [1.165, 1.54) is 12.1 Å². The van der Waals surface area contributed by atoms with Crippen LogP contribution in [0.5, 0.6) is 0 Å². The van der Waals surface area contributed by atoms with Gasteiger partial charge in [0.2, 0.25) is 0 Å². The summed E-state index contributed by atoms with van der Waals surface area (Å²) >= 11 is 0. The number of benzene rings is 1. The van der Waals surface area contributed by atoms with E-state index in [0.717, 1.165) is 45.3 Å². The molecule has 1 aromatic carbocycles. The summed E-state index contributed by atoms with van der Waals surface area (Å²) in [5.74, 6) is -0.698. The van der Waals surface area contributed by atoms with Gasteiger partial charge in [0.1, 0.15) is 5.82 Å². The van der Waals surface area contributed by atoms with Crippen molar-refractivity contribution in [2.24, 2.45) is 0 Å². The first-order chi connectivity index (χ1) is 9.66. The molecule has 0 unspecified atom stereocenters. The molecule has 0 aromatic heterocycles. The molecule has 0 aliphatic carbocycles. The molecule has 6 heteroatoms. The predicted molar refractivity (Wildman–Crippen MR) is 75.0 cm³/mol. The molecule has 1 aliphatic rings. The van der Waals surface area contributed by atoms with E-state index in [-0.39, 0.29) is 11.6 Å². The van der Waals surface area contributed by atoms with Gasteiger partial charge in [0.15, 0.2) is 0 Å². The highest BCUT2D eigenvalue weighted by Gasteiger charge is 2.11. The highest BCUT2D eigenvalue weighted by atomic mass is 19.1. The number of nitrogens with one attached hydrogen (secondary N) is 1. The second-order valence-electron chi connectivity index (χ2n) is 4.80. The molecule has 110 valence electrons. The molecular weight excluding hydrogens is 261 g/mol. The lowest BCUT2D eigenvalue weighted by molar-refractivity contribution is 0.0374. The van der Waals surface area contributed by atoms with Gasteiger partial charge in [-0.05, 0) is 31.2 Å². The maximum Gasteiger partial charge on any atom is 0.253 e. The summed E-state index contributed by atoms with van der Waals surface area (Å²) in [5, 5.41) is 2.80. The van der Waals surface area contributed by atoms with Crippen LogP contribution >= 0.6 is 0 Å². The molecule has 1 heterocycles. The van der Waals surface area contributed by atoms with Crippen molar-refractivity contribution >= 4 is 11.6 Å². The summed E-state index contributed by atoms with van der Waals surface area (Å²) in [6, 6.07) is 3.80. The third-order valence-electron chi connectivity index (χ3n) is 3.30. The molecule has 0 saturated carbocycles. The van der Waals surface area contributed by atoms with Gasteiger partial charge in [0.05, 0.1) is 18.8 Å². The number of morpholine rings is 1. The summed E-state index contributed by atoms with van der Waals surface area (Å²) in [5.41, 5.74) is 6.10. The molecule has 0 radical (unpaired) electrons. The Hall–Kier alpha value is -1.66. The number of nitrogens with zero attached hydrogens (tertiary/aromatic N) is 1. The number of carbonyl (C=O) groups excluding carboxylic acids is 1. The number of nitrogens with two attached hydrogens (primary N) is 1. The minimum atomic E-state index is -0.439. The molecule has 1 saturated heterocycles. The van der Waals surface area contributed by atoms with Crippen molar-refractivity contribution < 1.29 is 13.9 Å². The van der Waals surface area contributed by atoms with Crippen molar-refractivity contribution in [3.8, 4) is 0 Å². The molecule has 0 spiro atoms. The number of hydrogen-bond acceptors (Lipinski definition) is 4. The van der Waals surface area contributed by atoms with Crippen LogP contribution in [0.25, 0.3) is 0 Å². The Morgan fingerprint density at radius 2 is 2.15 bits per heavy atom. The van der Waals surface area contributed by atoms with E-state index in [0.29, 0.717) is 12.1 Å². The molecule has 1 aromatic rings. The summed E-state index contributed by atoms with van der Waals surface area (Å²) in [6.07, 6.45) is 0.868. The van der Waals surface area contributed by atoms with Gasteiger partial charge in [-0.2, -0.15) is 0 Å². The molecule has 1 fully saturated rings. The summed E-state index contributed by atoms with van der Waals surface area (Å²) in [6.45, 7) is 4.95. The average molecular weight is 281 g/mol. The Labute approximate surface area is 117 Å². The number of halogens is 1. The number of anilines is 1. The van der Waals surface area contributed by atoms with Crippen molar-refractivity contribution in [2.45, 2.75) is 6.42 Å². The Bertz CT molecular complexity index is 462. The van der Waals surface area contributed by atoms with Crippen molar-refractivity contribution in [1.82, 2.24) is 10.2 Å². The van der Waals surface area contributed by atoms with Crippen LogP contribution in [0.15, 0.2) is 18.2 Å². The van der Waals surface area contributed by atoms with E-state index in [9.17, 15) is 9.18 Å². The summed E-state index contributed by atoms with van der Waals surface area (Å²) in [4.78, 5) is 14.2. The van der Waals surface area contributed by atoms with Crippen molar-refractivity contribution in [3.63, 3.8) is 0 Å². The van der Waals surface area contributed by atoms with Gasteiger partial charge >= 0.3 is 0 Å². The highest BCUT2D eigenvalue weighted by molar-refractivity contribution is 5.99. The number of ether oxygens (including phenoxy) is 1. The van der Waals surface area contributed by atoms with E-state index in [4.69, 9.17) is 10.5 Å². The maximum atomic E-state index is 12.9. The normalized spacial score (nSPS) is 16.1. The lowest BCUT2D eigenvalue weighted by atomic mass is 10.1. The molecule has 0 atom stereocenters. The second kappa shape index (κ2) is 7.21. The van der Waals surface area contributed by atoms with E-state index >= 15 is 0 Å². The predicted octanol–water partition coefficient (Wildman–Crippen LogP) is 0.860. The van der Waals surface area contributed by atoms with Crippen LogP contribution in [0.2, 0.25) is 0 Å². The first kappa shape index (κ1) is 14.7. The van der Waals surface area contributed by atoms with Crippen molar-refractivity contribution in [1.29, 1.82) is 0 Å². The highest BCUT2D eigenvalue weighted by Crippen LogP contribution is 2.13. The van der Waals surface area contributed by atoms with Crippen LogP contribution in [0.4, 0.5) is 10.1 Å². The number of hydrogen-bond donors (Lipinski definition) is 2. The van der Waals surface area contributed by atoms with Crippen LogP contribution in [-0.4, -0.2) is 50.2 Å². The molecule has 20 heavy (non-hydrogen) atoms. The van der Waals surface area contributed by atoms with Gasteiger partial charge < -0.3 is 15.8 Å². The molecule has 2 rings (SSSR count). The fourth-order valence-corrected chi connectivity index (χ4v) is 2.16. The number of carbonyl (C=O) groups is 1. The van der Waals surface area contributed by atoms with Crippen LogP contribution in [0, 0.1) is 5.82 Å². The largest absolute Gasteiger partial charge is 0.398 e. The van der Waals surface area contributed by atoms with E-state index in [2.05, 4.69) is 10.2 Å². The third-order valence-corrected chi connectivity index (χ3v) is 3.30. The van der Waals surface area contributed by atoms with Gasteiger partial charge in [-0.3, -0.25) is 9.69 Å². The standard InChI is InChI=1S/C14H20FN3O2/c15-11-2-3-12(13(16)10-11)14(19)17-4-1-5-18-6-8-20-9-7-18/h2-3,10H,1,4-9,16H2,(H,17,19). The molecule has 1 aliphatic heterocycles. The van der Waals surface area contributed by atoms with Crippen LogP contribution in [-0.2, 0) is 4.74 Å². The number of nitrogen functional groups attached to an aromatic ring is 1. The molecule has 5 nitrogen and oxygen atoms in total. The third kappa shape index (κ3) is 4.18. The van der Waals surface area contributed by atoms with Crippen molar-refractivity contribution in [3.05, 3.63) is 29.6 Å². The topological polar surface area (TPSA) is 67.6 Å². The van der Waals surface area contributed by atoms with Gasteiger partial charge in [0, 0.05) is 25.3 Å². The molecule has 0 bridgehead atoms. The lowest BCUT2D eigenvalue weighted by Gasteiger charge is -2.26. The average Bonchev–Trinajstić information content (AvgIpc) is 2.44. The van der Waals surface area contributed by atoms with Crippen LogP contribution in [0.3, 0.4) is 0 Å². The zero-order chi connectivity index (χ0) is 14.4. The summed E-state index contributed by atoms with van der Waals surface area (Å²) in [7, 11) is 0. The van der Waals surface area contributed by atoms with E-state index in [1.807, 2.05) is 0 Å². The smallest absolute Gasteiger partial charge is 0.253 e. The summed E-state index contributed by atoms with van der Waals surface area (Å²) < 4.78 is 18.2. The minimum Gasteiger partial charge on any atom is -0.398 e. The zero-order valence-electron chi connectivity index (χ0n) is 11.4. The monoisotopic (exact) mass is 281 g/mol. The Morgan fingerprint density at radius 1 is 1.40 bits per heavy atom. The van der Waals surface area contributed by atoms with Gasteiger partial charge in [0.25, 0.3) is 5.91 Å². The minimum absolute atomic E-state index is 0.163. The van der Waals surface area contributed by atoms with Gasteiger partial charge in [-0.15, -0.1) is 0 Å². The maximum absolute atomic E-state index is 12.9. The number of amides is 1. The Balaban J connectivity index is 1.72. The first-order valence-corrected chi connectivity index (χ1v) is 6.80.